The Morgan fingerprint density at radius 2 is 1.87 bits per heavy atom. The quantitative estimate of drug-likeness (QED) is 0.406. The molecule has 1 heterocycles. The van der Waals surface area contributed by atoms with Crippen molar-refractivity contribution in [3.8, 4) is 5.75 Å². The van der Waals surface area contributed by atoms with E-state index in [1.54, 1.807) is 30.5 Å². The average molecular weight is 444 g/mol. The third-order valence-corrected chi connectivity index (χ3v) is 6.45. The summed E-state index contributed by atoms with van der Waals surface area (Å²) in [6.45, 7) is 4.28. The molecule has 3 aromatic rings. The van der Waals surface area contributed by atoms with Crippen LogP contribution in [0.1, 0.15) is 27.7 Å². The minimum Gasteiger partial charge on any atom is -0.494 e. The van der Waals surface area contributed by atoms with Crippen LogP contribution in [0.15, 0.2) is 70.0 Å². The van der Waals surface area contributed by atoms with E-state index in [0.717, 1.165) is 10.4 Å². The van der Waals surface area contributed by atoms with Crippen LogP contribution >= 0.6 is 11.3 Å². The van der Waals surface area contributed by atoms with E-state index in [9.17, 15) is 13.2 Å². The van der Waals surface area contributed by atoms with E-state index in [0.29, 0.717) is 12.4 Å². The number of rotatable bonds is 8. The molecular weight excluding hydrogens is 422 g/mol. The predicted octanol–water partition coefficient (Wildman–Crippen LogP) is 4.02. The highest BCUT2D eigenvalue weighted by Gasteiger charge is 2.18. The Hall–Kier alpha value is -3.17. The number of hydrogen-bond donors (Lipinski definition) is 2. The van der Waals surface area contributed by atoms with Gasteiger partial charge in [-0.1, -0.05) is 12.1 Å². The van der Waals surface area contributed by atoms with Gasteiger partial charge in [0.05, 0.1) is 29.0 Å². The number of thiophene rings is 1. The van der Waals surface area contributed by atoms with Gasteiger partial charge in [-0.15, -0.1) is 11.3 Å². The summed E-state index contributed by atoms with van der Waals surface area (Å²) in [5, 5.41) is 5.90. The minimum atomic E-state index is -3.88. The van der Waals surface area contributed by atoms with Gasteiger partial charge in [-0.2, -0.15) is 5.10 Å². The number of ether oxygens (including phenoxy) is 1. The SMILES string of the molecule is CCOc1ccc(S(=O)(=O)Nc2ccccc2C(=O)N/N=C\c2sccc2C)cc1. The number of carbonyl (C=O) groups is 1. The van der Waals surface area contributed by atoms with Gasteiger partial charge in [-0.3, -0.25) is 9.52 Å². The van der Waals surface area contributed by atoms with E-state index in [2.05, 4.69) is 15.2 Å². The average Bonchev–Trinajstić information content (AvgIpc) is 3.13. The number of anilines is 1. The Morgan fingerprint density at radius 1 is 1.13 bits per heavy atom. The summed E-state index contributed by atoms with van der Waals surface area (Å²) < 4.78 is 33.3. The van der Waals surface area contributed by atoms with E-state index in [-0.39, 0.29) is 16.1 Å². The number of sulfonamides is 1. The summed E-state index contributed by atoms with van der Waals surface area (Å²) in [5.74, 6) is 0.0560. The molecule has 1 amide bonds. The number of aryl methyl sites for hydroxylation is 1. The summed E-state index contributed by atoms with van der Waals surface area (Å²) >= 11 is 1.51. The fraction of sp³-hybridized carbons (Fsp3) is 0.143. The maximum atomic E-state index is 12.7. The molecule has 2 aromatic carbocycles. The first-order valence-electron chi connectivity index (χ1n) is 9.13. The first kappa shape index (κ1) is 21.5. The fourth-order valence-electron chi connectivity index (χ4n) is 2.58. The Bertz CT molecular complexity index is 1150. The van der Waals surface area contributed by atoms with Gasteiger partial charge < -0.3 is 4.74 Å². The maximum absolute atomic E-state index is 12.7. The molecule has 0 aliphatic carbocycles. The molecule has 1 aromatic heterocycles. The zero-order chi connectivity index (χ0) is 21.6. The Balaban J connectivity index is 1.76. The second kappa shape index (κ2) is 9.55. The van der Waals surface area contributed by atoms with Gasteiger partial charge in [0.15, 0.2) is 0 Å². The molecule has 30 heavy (non-hydrogen) atoms. The predicted molar refractivity (Wildman–Crippen MR) is 119 cm³/mol. The molecule has 0 saturated carbocycles. The van der Waals surface area contributed by atoms with Gasteiger partial charge in [0.1, 0.15) is 5.75 Å². The molecule has 0 fully saturated rings. The van der Waals surface area contributed by atoms with Crippen molar-refractivity contribution in [3.63, 3.8) is 0 Å². The molecule has 3 rings (SSSR count). The molecule has 0 unspecified atom stereocenters. The molecule has 156 valence electrons. The van der Waals surface area contributed by atoms with E-state index in [1.165, 1.54) is 35.6 Å². The maximum Gasteiger partial charge on any atom is 0.273 e. The Morgan fingerprint density at radius 3 is 2.53 bits per heavy atom. The molecule has 0 radical (unpaired) electrons. The lowest BCUT2D eigenvalue weighted by Gasteiger charge is -2.12. The number of nitrogens with one attached hydrogen (secondary N) is 2. The molecule has 0 bridgehead atoms. The van der Waals surface area contributed by atoms with Crippen LogP contribution in [-0.2, 0) is 10.0 Å². The van der Waals surface area contributed by atoms with Crippen LogP contribution in [0.4, 0.5) is 5.69 Å². The van der Waals surface area contributed by atoms with E-state index in [4.69, 9.17) is 4.74 Å². The number of carbonyl (C=O) groups excluding carboxylic acids is 1. The number of amides is 1. The third kappa shape index (κ3) is 5.25. The van der Waals surface area contributed by atoms with Crippen molar-refractivity contribution in [2.75, 3.05) is 11.3 Å². The first-order chi connectivity index (χ1) is 14.4. The van der Waals surface area contributed by atoms with Crippen LogP contribution in [0.5, 0.6) is 5.75 Å². The van der Waals surface area contributed by atoms with Crippen LogP contribution in [0.25, 0.3) is 0 Å². The third-order valence-electron chi connectivity index (χ3n) is 4.11. The standard InChI is InChI=1S/C21H21N3O4S2/c1-3-28-16-8-10-17(11-9-16)30(26,27)24-19-7-5-4-6-18(19)21(25)23-22-14-20-15(2)12-13-29-20/h4-14,24H,3H2,1-2H3,(H,23,25)/b22-14-. The molecule has 0 aliphatic heterocycles. The molecule has 7 nitrogen and oxygen atoms in total. The second-order valence-corrected chi connectivity index (χ2v) is 8.85. The Kier molecular flexibility index (Phi) is 6.86. The van der Waals surface area contributed by atoms with Crippen molar-refractivity contribution in [1.82, 2.24) is 5.43 Å². The molecule has 2 N–H and O–H groups in total. The van der Waals surface area contributed by atoms with Crippen molar-refractivity contribution in [2.45, 2.75) is 18.7 Å². The minimum absolute atomic E-state index is 0.0624. The molecule has 0 saturated heterocycles. The lowest BCUT2D eigenvalue weighted by molar-refractivity contribution is 0.0956. The highest BCUT2D eigenvalue weighted by Crippen LogP contribution is 2.22. The van der Waals surface area contributed by atoms with Crippen molar-refractivity contribution in [2.24, 2.45) is 5.10 Å². The van der Waals surface area contributed by atoms with Crippen LogP contribution in [0.2, 0.25) is 0 Å². The highest BCUT2D eigenvalue weighted by atomic mass is 32.2. The highest BCUT2D eigenvalue weighted by molar-refractivity contribution is 7.92. The molecule has 0 aliphatic rings. The summed E-state index contributed by atoms with van der Waals surface area (Å²) in [6.07, 6.45) is 1.56. The van der Waals surface area contributed by atoms with Crippen molar-refractivity contribution >= 4 is 39.2 Å². The number of nitrogens with zero attached hydrogens (tertiary/aromatic N) is 1. The smallest absolute Gasteiger partial charge is 0.273 e. The second-order valence-electron chi connectivity index (χ2n) is 6.22. The van der Waals surface area contributed by atoms with Crippen molar-refractivity contribution in [3.05, 3.63) is 76.0 Å². The topological polar surface area (TPSA) is 96.9 Å². The van der Waals surface area contributed by atoms with Crippen LogP contribution in [0.3, 0.4) is 0 Å². The molecule has 0 spiro atoms. The van der Waals surface area contributed by atoms with Gasteiger partial charge in [0, 0.05) is 4.88 Å². The van der Waals surface area contributed by atoms with Crippen LogP contribution in [-0.4, -0.2) is 27.1 Å². The number of hydrazone groups is 1. The zero-order valence-corrected chi connectivity index (χ0v) is 18.1. The largest absolute Gasteiger partial charge is 0.494 e. The van der Waals surface area contributed by atoms with E-state index >= 15 is 0 Å². The van der Waals surface area contributed by atoms with Crippen LogP contribution < -0.4 is 14.9 Å². The monoisotopic (exact) mass is 443 g/mol. The molecule has 9 heteroatoms. The zero-order valence-electron chi connectivity index (χ0n) is 16.5. The first-order valence-corrected chi connectivity index (χ1v) is 11.5. The van der Waals surface area contributed by atoms with Gasteiger partial charge in [-0.25, -0.2) is 13.8 Å². The Labute approximate surface area is 179 Å². The summed E-state index contributed by atoms with van der Waals surface area (Å²) in [4.78, 5) is 13.5. The summed E-state index contributed by atoms with van der Waals surface area (Å²) in [5.41, 5.74) is 3.81. The lowest BCUT2D eigenvalue weighted by Crippen LogP contribution is -2.21. The normalized spacial score (nSPS) is 11.4. The van der Waals surface area contributed by atoms with E-state index in [1.807, 2.05) is 25.3 Å². The molecule has 0 atom stereocenters. The number of benzene rings is 2. The van der Waals surface area contributed by atoms with Gasteiger partial charge in [0.25, 0.3) is 15.9 Å². The van der Waals surface area contributed by atoms with Gasteiger partial charge >= 0.3 is 0 Å². The van der Waals surface area contributed by atoms with Crippen molar-refractivity contribution < 1.29 is 17.9 Å². The van der Waals surface area contributed by atoms with Crippen molar-refractivity contribution in [1.29, 1.82) is 0 Å². The summed E-state index contributed by atoms with van der Waals surface area (Å²) in [6, 6.07) is 14.4. The number of hydrogen-bond acceptors (Lipinski definition) is 6. The fourth-order valence-corrected chi connectivity index (χ4v) is 4.45. The molecular formula is C21H21N3O4S2. The van der Waals surface area contributed by atoms with E-state index < -0.39 is 15.9 Å². The van der Waals surface area contributed by atoms with Crippen LogP contribution in [0, 0.1) is 6.92 Å². The van der Waals surface area contributed by atoms with Gasteiger partial charge in [-0.05, 0) is 67.3 Å². The lowest BCUT2D eigenvalue weighted by atomic mass is 10.2. The summed E-state index contributed by atoms with van der Waals surface area (Å²) in [7, 11) is -3.88. The van der Waals surface area contributed by atoms with Gasteiger partial charge in [0.2, 0.25) is 0 Å². The number of para-hydroxylation sites is 1.